The van der Waals surface area contributed by atoms with Gasteiger partial charge in [-0.3, -0.25) is 4.79 Å². The van der Waals surface area contributed by atoms with Crippen LogP contribution in [0.15, 0.2) is 60.7 Å². The molecular weight excluding hydrogens is 387 g/mol. The lowest BCUT2D eigenvalue weighted by atomic mass is 9.79. The van der Waals surface area contributed by atoms with Gasteiger partial charge >= 0.3 is 0 Å². The van der Waals surface area contributed by atoms with Crippen molar-refractivity contribution in [3.05, 3.63) is 81.9 Å². The Morgan fingerprint density at radius 2 is 1.07 bits per heavy atom. The second kappa shape index (κ2) is 10.6. The summed E-state index contributed by atoms with van der Waals surface area (Å²) in [5, 5.41) is 1.38. The molecule has 1 nitrogen and oxygen atoms in total. The molecule has 0 spiro atoms. The first-order chi connectivity index (χ1) is 13.3. The fourth-order valence-electron chi connectivity index (χ4n) is 3.15. The SMILES string of the molecule is CC(C)C(C=Cc1ccccc1Cl)C(=O)C(C=Cc1ccccc1Cl)C(C)C. The van der Waals surface area contributed by atoms with E-state index in [0.29, 0.717) is 10.0 Å². The van der Waals surface area contributed by atoms with Gasteiger partial charge in [-0.25, -0.2) is 0 Å². The molecule has 2 atom stereocenters. The Labute approximate surface area is 179 Å². The molecule has 0 amide bonds. The van der Waals surface area contributed by atoms with Crippen LogP contribution in [0, 0.1) is 23.7 Å². The van der Waals surface area contributed by atoms with Gasteiger partial charge in [0.2, 0.25) is 0 Å². The van der Waals surface area contributed by atoms with E-state index in [1.54, 1.807) is 0 Å². The molecule has 0 aliphatic rings. The molecule has 2 rings (SSSR count). The summed E-state index contributed by atoms with van der Waals surface area (Å²) < 4.78 is 0. The molecule has 0 bridgehead atoms. The molecule has 2 unspecified atom stereocenters. The third-order valence-corrected chi connectivity index (χ3v) is 5.56. The van der Waals surface area contributed by atoms with Crippen LogP contribution in [-0.2, 0) is 4.79 Å². The summed E-state index contributed by atoms with van der Waals surface area (Å²) in [5.74, 6) is 0.248. The Morgan fingerprint density at radius 1 is 0.714 bits per heavy atom. The molecule has 0 saturated heterocycles. The van der Waals surface area contributed by atoms with Crippen LogP contribution in [0.1, 0.15) is 38.8 Å². The lowest BCUT2D eigenvalue weighted by Gasteiger charge is -2.23. The van der Waals surface area contributed by atoms with Crippen LogP contribution in [0.3, 0.4) is 0 Å². The number of hydrogen-bond acceptors (Lipinski definition) is 1. The van der Waals surface area contributed by atoms with Crippen LogP contribution in [-0.4, -0.2) is 5.78 Å². The zero-order valence-electron chi connectivity index (χ0n) is 16.9. The maximum absolute atomic E-state index is 13.4. The van der Waals surface area contributed by atoms with Crippen molar-refractivity contribution in [2.75, 3.05) is 0 Å². The lowest BCUT2D eigenvalue weighted by Crippen LogP contribution is -2.28. The summed E-state index contributed by atoms with van der Waals surface area (Å²) in [5.41, 5.74) is 1.85. The van der Waals surface area contributed by atoms with Gasteiger partial charge in [-0.15, -0.1) is 0 Å². The van der Waals surface area contributed by atoms with Gasteiger partial charge in [0.25, 0.3) is 0 Å². The molecule has 2 aromatic carbocycles. The topological polar surface area (TPSA) is 17.1 Å². The third kappa shape index (κ3) is 6.09. The maximum Gasteiger partial charge on any atom is 0.147 e. The van der Waals surface area contributed by atoms with E-state index in [0.717, 1.165) is 11.1 Å². The highest BCUT2D eigenvalue weighted by Gasteiger charge is 2.28. The Morgan fingerprint density at radius 3 is 1.39 bits per heavy atom. The zero-order valence-corrected chi connectivity index (χ0v) is 18.4. The van der Waals surface area contributed by atoms with Crippen LogP contribution in [0.25, 0.3) is 12.2 Å². The van der Waals surface area contributed by atoms with E-state index < -0.39 is 0 Å². The lowest BCUT2D eigenvalue weighted by molar-refractivity contribution is -0.126. The van der Waals surface area contributed by atoms with Gasteiger partial charge in [-0.1, -0.05) is 112 Å². The molecule has 0 aromatic heterocycles. The molecular formula is C25H28Cl2O. The largest absolute Gasteiger partial charge is 0.298 e. The first-order valence-corrected chi connectivity index (χ1v) is 10.5. The van der Waals surface area contributed by atoms with E-state index in [9.17, 15) is 4.79 Å². The quantitative estimate of drug-likeness (QED) is 0.429. The Hall–Kier alpha value is -1.83. The summed E-state index contributed by atoms with van der Waals surface area (Å²) in [4.78, 5) is 13.4. The number of carbonyl (C=O) groups is 1. The van der Waals surface area contributed by atoms with E-state index in [1.807, 2.05) is 72.8 Å². The fraction of sp³-hybridized carbons (Fsp3) is 0.320. The van der Waals surface area contributed by atoms with Gasteiger partial charge in [0.05, 0.1) is 0 Å². The van der Waals surface area contributed by atoms with Gasteiger partial charge in [-0.05, 0) is 35.1 Å². The van der Waals surface area contributed by atoms with Crippen molar-refractivity contribution in [3.8, 4) is 0 Å². The highest BCUT2D eigenvalue weighted by Crippen LogP contribution is 2.27. The smallest absolute Gasteiger partial charge is 0.147 e. The van der Waals surface area contributed by atoms with Gasteiger partial charge < -0.3 is 0 Å². The van der Waals surface area contributed by atoms with E-state index in [-0.39, 0.29) is 29.5 Å². The third-order valence-electron chi connectivity index (χ3n) is 4.87. The first-order valence-electron chi connectivity index (χ1n) is 9.70. The summed E-state index contributed by atoms with van der Waals surface area (Å²) in [6, 6.07) is 15.3. The molecule has 28 heavy (non-hydrogen) atoms. The van der Waals surface area contributed by atoms with Crippen molar-refractivity contribution in [2.24, 2.45) is 23.7 Å². The number of halogens is 2. The fourth-order valence-corrected chi connectivity index (χ4v) is 3.55. The molecule has 0 heterocycles. The predicted molar refractivity (Wildman–Crippen MR) is 123 cm³/mol. The minimum atomic E-state index is -0.181. The summed E-state index contributed by atoms with van der Waals surface area (Å²) in [7, 11) is 0. The van der Waals surface area contributed by atoms with Gasteiger partial charge in [-0.2, -0.15) is 0 Å². The number of Topliss-reactive ketones (excluding diaryl/α,β-unsaturated/α-hetero) is 1. The van der Waals surface area contributed by atoms with Crippen molar-refractivity contribution in [2.45, 2.75) is 27.7 Å². The van der Waals surface area contributed by atoms with Gasteiger partial charge in [0.15, 0.2) is 0 Å². The number of ketones is 1. The first kappa shape index (κ1) is 22.5. The van der Waals surface area contributed by atoms with E-state index in [4.69, 9.17) is 23.2 Å². The van der Waals surface area contributed by atoms with Crippen LogP contribution >= 0.6 is 23.2 Å². The molecule has 0 aliphatic carbocycles. The normalized spacial score (nSPS) is 14.3. The molecule has 0 saturated carbocycles. The molecule has 0 radical (unpaired) electrons. The molecule has 0 fully saturated rings. The molecule has 3 heteroatoms. The summed E-state index contributed by atoms with van der Waals surface area (Å²) >= 11 is 12.5. The van der Waals surface area contributed by atoms with Crippen molar-refractivity contribution in [1.29, 1.82) is 0 Å². The summed E-state index contributed by atoms with van der Waals surface area (Å²) in [6.07, 6.45) is 7.90. The number of hydrogen-bond donors (Lipinski definition) is 0. The summed E-state index contributed by atoms with van der Waals surface area (Å²) in [6.45, 7) is 8.31. The number of benzene rings is 2. The molecule has 2 aromatic rings. The Kier molecular flexibility index (Phi) is 8.54. The Balaban J connectivity index is 2.27. The van der Waals surface area contributed by atoms with Gasteiger partial charge in [0, 0.05) is 21.9 Å². The van der Waals surface area contributed by atoms with E-state index in [1.165, 1.54) is 0 Å². The minimum Gasteiger partial charge on any atom is -0.298 e. The van der Waals surface area contributed by atoms with Crippen LogP contribution in [0.2, 0.25) is 10.0 Å². The molecule has 0 N–H and O–H groups in total. The predicted octanol–water partition coefficient (Wildman–Crippen LogP) is 7.83. The van der Waals surface area contributed by atoms with Crippen LogP contribution in [0.4, 0.5) is 0 Å². The van der Waals surface area contributed by atoms with E-state index in [2.05, 4.69) is 27.7 Å². The van der Waals surface area contributed by atoms with Crippen molar-refractivity contribution < 1.29 is 4.79 Å². The second-order valence-electron chi connectivity index (χ2n) is 7.70. The van der Waals surface area contributed by atoms with Crippen molar-refractivity contribution >= 4 is 41.1 Å². The number of carbonyl (C=O) groups excluding carboxylic acids is 1. The average Bonchev–Trinajstić information content (AvgIpc) is 2.64. The van der Waals surface area contributed by atoms with Gasteiger partial charge in [0.1, 0.15) is 5.78 Å². The zero-order chi connectivity index (χ0) is 20.7. The standard InChI is InChI=1S/C25H28Cl2O/c1-17(2)21(15-13-19-9-5-7-11-23(19)26)25(28)22(18(3)4)16-14-20-10-6-8-12-24(20)27/h5-18,21-22H,1-4H3. The highest BCUT2D eigenvalue weighted by atomic mass is 35.5. The van der Waals surface area contributed by atoms with Crippen LogP contribution in [0.5, 0.6) is 0 Å². The number of allylic oxidation sites excluding steroid dienone is 2. The number of rotatable bonds is 8. The Bertz CT molecular complexity index is 780. The van der Waals surface area contributed by atoms with E-state index >= 15 is 0 Å². The van der Waals surface area contributed by atoms with Crippen molar-refractivity contribution in [3.63, 3.8) is 0 Å². The second-order valence-corrected chi connectivity index (χ2v) is 8.52. The molecule has 0 aliphatic heterocycles. The monoisotopic (exact) mass is 414 g/mol. The highest BCUT2D eigenvalue weighted by molar-refractivity contribution is 6.32. The molecule has 148 valence electrons. The average molecular weight is 415 g/mol. The minimum absolute atomic E-state index is 0.181. The maximum atomic E-state index is 13.4. The van der Waals surface area contributed by atoms with Crippen LogP contribution < -0.4 is 0 Å². The van der Waals surface area contributed by atoms with Crippen molar-refractivity contribution in [1.82, 2.24) is 0 Å².